The number of benzene rings is 3. The lowest BCUT2D eigenvalue weighted by molar-refractivity contribution is 0.102. The highest BCUT2D eigenvalue weighted by atomic mass is 18.2. The second kappa shape index (κ2) is 7.83. The van der Waals surface area contributed by atoms with Crippen LogP contribution in [0.15, 0.2) is 66.7 Å². The molecule has 132 valence electrons. The average Bonchev–Trinajstić information content (AvgIpc) is 2.65. The zero-order valence-electron chi connectivity index (χ0n) is 14.6. The maximum Gasteiger partial charge on any atom is 0.255 e. The number of nitrogens with two attached hydrogens (primary N) is 1. The van der Waals surface area contributed by atoms with E-state index in [1.54, 1.807) is 24.3 Å². The first kappa shape index (κ1) is 17.7. The highest BCUT2D eigenvalue weighted by molar-refractivity contribution is 6.06. The minimum absolute atomic E-state index is 0.212. The molecule has 1 amide bonds. The van der Waals surface area contributed by atoms with Gasteiger partial charge in [-0.25, -0.2) is 4.39 Å². The van der Waals surface area contributed by atoms with E-state index in [1.165, 1.54) is 17.7 Å². The van der Waals surface area contributed by atoms with Crippen LogP contribution >= 0.6 is 0 Å². The van der Waals surface area contributed by atoms with Gasteiger partial charge < -0.3 is 11.1 Å². The van der Waals surface area contributed by atoms with Crippen molar-refractivity contribution in [1.82, 2.24) is 0 Å². The van der Waals surface area contributed by atoms with Gasteiger partial charge in [-0.3, -0.25) is 4.79 Å². The molecule has 0 aliphatic heterocycles. The van der Waals surface area contributed by atoms with Crippen molar-refractivity contribution in [3.05, 3.63) is 83.7 Å². The van der Waals surface area contributed by atoms with Crippen LogP contribution in [0.5, 0.6) is 0 Å². The summed E-state index contributed by atoms with van der Waals surface area (Å²) in [5, 5.41) is 2.86. The van der Waals surface area contributed by atoms with Crippen LogP contribution in [0, 0.1) is 5.82 Å². The third kappa shape index (κ3) is 4.09. The summed E-state index contributed by atoms with van der Waals surface area (Å²) < 4.78 is 13.1. The SMILES string of the molecule is CCCc1ccc(C(=O)Nc2cc(-c3ccc([18F])cc3)ccc2N)cc1. The number of nitrogens with one attached hydrogen (secondary N) is 1. The Hall–Kier alpha value is -3.14. The van der Waals surface area contributed by atoms with E-state index >= 15 is 0 Å². The summed E-state index contributed by atoms with van der Waals surface area (Å²) in [6.45, 7) is 2.12. The highest BCUT2D eigenvalue weighted by Crippen LogP contribution is 2.28. The molecule has 4 heteroatoms. The van der Waals surface area contributed by atoms with E-state index < -0.39 is 0 Å². The molecule has 3 rings (SSSR count). The van der Waals surface area contributed by atoms with Crippen molar-refractivity contribution in [2.45, 2.75) is 19.8 Å². The van der Waals surface area contributed by atoms with Crippen LogP contribution in [0.3, 0.4) is 0 Å². The van der Waals surface area contributed by atoms with E-state index in [2.05, 4.69) is 12.2 Å². The summed E-state index contributed by atoms with van der Waals surface area (Å²) in [5.74, 6) is -0.500. The summed E-state index contributed by atoms with van der Waals surface area (Å²) in [4.78, 5) is 12.5. The molecule has 0 spiro atoms. The number of hydrogen-bond donors (Lipinski definition) is 2. The lowest BCUT2D eigenvalue weighted by atomic mass is 10.0. The van der Waals surface area contributed by atoms with Crippen molar-refractivity contribution < 1.29 is 9.18 Å². The third-order valence-corrected chi connectivity index (χ3v) is 4.23. The van der Waals surface area contributed by atoms with Gasteiger partial charge in [0.15, 0.2) is 0 Å². The van der Waals surface area contributed by atoms with E-state index in [0.717, 1.165) is 24.0 Å². The van der Waals surface area contributed by atoms with E-state index in [9.17, 15) is 9.18 Å². The zero-order chi connectivity index (χ0) is 18.5. The van der Waals surface area contributed by atoms with Gasteiger partial charge in [0.1, 0.15) is 5.82 Å². The number of anilines is 2. The van der Waals surface area contributed by atoms with Crippen molar-refractivity contribution in [3.8, 4) is 11.1 Å². The average molecular weight is 347 g/mol. The fourth-order valence-corrected chi connectivity index (χ4v) is 2.79. The maximum atomic E-state index is 13.1. The zero-order valence-corrected chi connectivity index (χ0v) is 14.6. The van der Waals surface area contributed by atoms with Crippen molar-refractivity contribution in [2.75, 3.05) is 11.1 Å². The first-order valence-corrected chi connectivity index (χ1v) is 8.62. The van der Waals surface area contributed by atoms with Crippen LogP contribution in [0.25, 0.3) is 11.1 Å². The predicted molar refractivity (Wildman–Crippen MR) is 105 cm³/mol. The van der Waals surface area contributed by atoms with Gasteiger partial charge in [0, 0.05) is 5.56 Å². The Balaban J connectivity index is 1.81. The molecule has 0 bridgehead atoms. The second-order valence-electron chi connectivity index (χ2n) is 6.21. The Morgan fingerprint density at radius 2 is 1.62 bits per heavy atom. The first-order chi connectivity index (χ1) is 12.6. The van der Waals surface area contributed by atoms with Gasteiger partial charge >= 0.3 is 0 Å². The molecule has 0 saturated heterocycles. The topological polar surface area (TPSA) is 55.1 Å². The summed E-state index contributed by atoms with van der Waals surface area (Å²) >= 11 is 0. The molecular weight excluding hydrogens is 326 g/mol. The summed E-state index contributed by atoms with van der Waals surface area (Å²) in [7, 11) is 0. The van der Waals surface area contributed by atoms with E-state index in [0.29, 0.717) is 16.9 Å². The lowest BCUT2D eigenvalue weighted by Crippen LogP contribution is -2.13. The Morgan fingerprint density at radius 1 is 0.962 bits per heavy atom. The highest BCUT2D eigenvalue weighted by Gasteiger charge is 2.10. The lowest BCUT2D eigenvalue weighted by Gasteiger charge is -2.11. The fraction of sp³-hybridized carbons (Fsp3) is 0.136. The van der Waals surface area contributed by atoms with E-state index in [4.69, 9.17) is 5.73 Å². The fourth-order valence-electron chi connectivity index (χ4n) is 2.79. The van der Waals surface area contributed by atoms with Crippen molar-refractivity contribution >= 4 is 17.3 Å². The Kier molecular flexibility index (Phi) is 5.32. The minimum Gasteiger partial charge on any atom is -0.397 e. The molecule has 3 aromatic rings. The van der Waals surface area contributed by atoms with Crippen molar-refractivity contribution in [2.24, 2.45) is 0 Å². The summed E-state index contributed by atoms with van der Waals surface area (Å²) in [5.41, 5.74) is 10.5. The van der Waals surface area contributed by atoms with E-state index in [-0.39, 0.29) is 11.7 Å². The molecule has 0 aliphatic rings. The van der Waals surface area contributed by atoms with E-state index in [1.807, 2.05) is 30.3 Å². The number of amides is 1. The number of carbonyl (C=O) groups is 1. The Labute approximate surface area is 152 Å². The number of aryl methyl sites for hydroxylation is 1. The molecule has 3 nitrogen and oxygen atoms in total. The molecule has 26 heavy (non-hydrogen) atoms. The van der Waals surface area contributed by atoms with Crippen LogP contribution in [0.2, 0.25) is 0 Å². The summed E-state index contributed by atoms with van der Waals surface area (Å²) in [6.07, 6.45) is 2.06. The smallest absolute Gasteiger partial charge is 0.255 e. The number of nitrogen functional groups attached to an aromatic ring is 1. The first-order valence-electron chi connectivity index (χ1n) is 8.62. The molecule has 0 fully saturated rings. The van der Waals surface area contributed by atoms with Crippen LogP contribution < -0.4 is 11.1 Å². The Morgan fingerprint density at radius 3 is 2.27 bits per heavy atom. The number of carbonyl (C=O) groups excluding carboxylic acids is 1. The van der Waals surface area contributed by atoms with Crippen LogP contribution in [0.1, 0.15) is 29.3 Å². The maximum absolute atomic E-state index is 13.1. The van der Waals surface area contributed by atoms with Gasteiger partial charge in [0.2, 0.25) is 0 Å². The van der Waals surface area contributed by atoms with Gasteiger partial charge in [-0.2, -0.15) is 0 Å². The van der Waals surface area contributed by atoms with Gasteiger partial charge in [-0.15, -0.1) is 0 Å². The monoisotopic (exact) mass is 347 g/mol. The van der Waals surface area contributed by atoms with Gasteiger partial charge in [0.25, 0.3) is 5.91 Å². The largest absolute Gasteiger partial charge is 0.397 e. The number of rotatable bonds is 5. The molecular formula is C22H21FN2O. The van der Waals surface area contributed by atoms with Crippen LogP contribution in [-0.4, -0.2) is 5.91 Å². The summed E-state index contributed by atoms with van der Waals surface area (Å²) in [6, 6.07) is 19.2. The normalized spacial score (nSPS) is 10.5. The molecule has 3 N–H and O–H groups in total. The van der Waals surface area contributed by atoms with Gasteiger partial charge in [0.05, 0.1) is 11.4 Å². The van der Waals surface area contributed by atoms with Gasteiger partial charge in [-0.1, -0.05) is 43.7 Å². The van der Waals surface area contributed by atoms with Crippen molar-refractivity contribution in [1.29, 1.82) is 0 Å². The molecule has 0 radical (unpaired) electrons. The molecule has 0 atom stereocenters. The quantitative estimate of drug-likeness (QED) is 0.617. The molecule has 0 aliphatic carbocycles. The van der Waals surface area contributed by atoms with Crippen LogP contribution in [0.4, 0.5) is 15.8 Å². The Bertz CT molecular complexity index is 902. The minimum atomic E-state index is -0.288. The predicted octanol–water partition coefficient (Wildman–Crippen LogP) is 5.28. The second-order valence-corrected chi connectivity index (χ2v) is 6.21. The molecule has 0 aromatic heterocycles. The molecule has 0 saturated carbocycles. The van der Waals surface area contributed by atoms with Gasteiger partial charge in [-0.05, 0) is 59.5 Å². The van der Waals surface area contributed by atoms with Crippen LogP contribution in [-0.2, 0) is 6.42 Å². The molecule has 0 heterocycles. The number of halogens is 1. The third-order valence-electron chi connectivity index (χ3n) is 4.23. The standard InChI is InChI=1S/C22H21FN2O/c1-2-3-15-4-6-17(7-5-15)22(26)25-21-14-18(10-13-20(21)24)16-8-11-19(23)12-9-16/h4-14H,2-3,24H2,1H3,(H,25,26)/i23-1. The molecule has 0 unspecified atom stereocenters. The number of hydrogen-bond acceptors (Lipinski definition) is 2. The molecule has 3 aromatic carbocycles. The van der Waals surface area contributed by atoms with Crippen molar-refractivity contribution in [3.63, 3.8) is 0 Å².